The Labute approximate surface area is 223 Å². The highest BCUT2D eigenvalue weighted by atomic mass is 35.5. The Kier molecular flexibility index (Phi) is 8.58. The number of hydrogen-bond donors (Lipinski definition) is 2. The third-order valence-electron chi connectivity index (χ3n) is 5.78. The zero-order valence-corrected chi connectivity index (χ0v) is 22.0. The lowest BCUT2D eigenvalue weighted by Gasteiger charge is -2.09. The highest BCUT2D eigenvalue weighted by Crippen LogP contribution is 2.39. The van der Waals surface area contributed by atoms with Crippen molar-refractivity contribution in [1.29, 1.82) is 0 Å². The normalized spacial score (nSPS) is 12.6. The van der Waals surface area contributed by atoms with Gasteiger partial charge in [0.2, 0.25) is 0 Å². The maximum Gasteiger partial charge on any atom is 0.341 e. The second-order valence-corrected chi connectivity index (χ2v) is 9.79. The van der Waals surface area contributed by atoms with Crippen molar-refractivity contribution >= 4 is 51.4 Å². The van der Waals surface area contributed by atoms with Crippen LogP contribution in [0.25, 0.3) is 0 Å². The second-order valence-electron chi connectivity index (χ2n) is 8.28. The van der Waals surface area contributed by atoms with E-state index in [0.29, 0.717) is 33.7 Å². The van der Waals surface area contributed by atoms with E-state index in [1.165, 1.54) is 11.3 Å². The van der Waals surface area contributed by atoms with Gasteiger partial charge in [0, 0.05) is 15.5 Å². The van der Waals surface area contributed by atoms with Crippen LogP contribution in [0.15, 0.2) is 53.6 Å². The zero-order chi connectivity index (χ0) is 26.4. The van der Waals surface area contributed by atoms with E-state index in [-0.39, 0.29) is 6.61 Å². The lowest BCUT2D eigenvalue weighted by Crippen LogP contribution is -2.33. The number of ether oxygens (including phenoxy) is 2. The predicted molar refractivity (Wildman–Crippen MR) is 144 cm³/mol. The van der Waals surface area contributed by atoms with Crippen molar-refractivity contribution in [3.63, 3.8) is 0 Å². The summed E-state index contributed by atoms with van der Waals surface area (Å²) >= 11 is 7.46. The van der Waals surface area contributed by atoms with Gasteiger partial charge in [0.15, 0.2) is 0 Å². The number of rotatable bonds is 8. The lowest BCUT2D eigenvalue weighted by atomic mass is 10.1. The van der Waals surface area contributed by atoms with E-state index >= 15 is 0 Å². The molecular formula is C27H26ClN3O5S. The number of hydrazone groups is 1. The van der Waals surface area contributed by atoms with Crippen molar-refractivity contribution in [1.82, 2.24) is 5.43 Å². The van der Waals surface area contributed by atoms with Gasteiger partial charge in [-0.05, 0) is 74.6 Å². The Balaban J connectivity index is 1.35. The standard InChI is InChI=1S/C27H26ClN3O5S/c1-3-35-27(34)23-20-8-6-10-22(20)37-26(23)29-24(32)25(33)31-30-16(2)17-11-13-19(14-12-17)36-15-18-7-4-5-9-21(18)28/h4-5,7,9,11-14H,3,6,8,10,15H2,1-2H3,(H,29,32)(H,31,33). The lowest BCUT2D eigenvalue weighted by molar-refractivity contribution is -0.136. The summed E-state index contributed by atoms with van der Waals surface area (Å²) in [5.41, 5.74) is 5.64. The summed E-state index contributed by atoms with van der Waals surface area (Å²) in [6.45, 7) is 3.99. The zero-order valence-electron chi connectivity index (χ0n) is 20.4. The molecule has 0 atom stereocenters. The van der Waals surface area contributed by atoms with Gasteiger partial charge in [-0.1, -0.05) is 29.8 Å². The molecule has 0 fully saturated rings. The minimum atomic E-state index is -0.942. The minimum Gasteiger partial charge on any atom is -0.489 e. The Morgan fingerprint density at radius 2 is 1.81 bits per heavy atom. The molecule has 1 aliphatic carbocycles. The second kappa shape index (κ2) is 12.0. The summed E-state index contributed by atoms with van der Waals surface area (Å²) in [7, 11) is 0. The van der Waals surface area contributed by atoms with Crippen LogP contribution in [-0.2, 0) is 33.8 Å². The molecule has 0 bridgehead atoms. The van der Waals surface area contributed by atoms with Crippen LogP contribution >= 0.6 is 22.9 Å². The van der Waals surface area contributed by atoms with Crippen molar-refractivity contribution in [2.24, 2.45) is 5.10 Å². The van der Waals surface area contributed by atoms with E-state index in [4.69, 9.17) is 21.1 Å². The van der Waals surface area contributed by atoms with Crippen molar-refractivity contribution in [2.45, 2.75) is 39.7 Å². The highest BCUT2D eigenvalue weighted by Gasteiger charge is 2.29. The van der Waals surface area contributed by atoms with Crippen LogP contribution in [0.5, 0.6) is 5.75 Å². The molecule has 192 valence electrons. The highest BCUT2D eigenvalue weighted by molar-refractivity contribution is 7.17. The number of hydrogen-bond acceptors (Lipinski definition) is 7. The molecule has 1 aliphatic rings. The number of aryl methyl sites for hydroxylation is 1. The number of fused-ring (bicyclic) bond motifs is 1. The first-order valence-electron chi connectivity index (χ1n) is 11.8. The van der Waals surface area contributed by atoms with E-state index < -0.39 is 17.8 Å². The smallest absolute Gasteiger partial charge is 0.341 e. The van der Waals surface area contributed by atoms with Crippen LogP contribution in [0.1, 0.15) is 52.2 Å². The number of thiophene rings is 1. The third-order valence-corrected chi connectivity index (χ3v) is 7.36. The molecule has 2 N–H and O–H groups in total. The minimum absolute atomic E-state index is 0.222. The molecule has 8 nitrogen and oxygen atoms in total. The Morgan fingerprint density at radius 3 is 2.54 bits per heavy atom. The van der Waals surface area contributed by atoms with Gasteiger partial charge in [-0.3, -0.25) is 9.59 Å². The fourth-order valence-corrected chi connectivity index (χ4v) is 5.35. The van der Waals surface area contributed by atoms with Gasteiger partial charge in [0.1, 0.15) is 17.4 Å². The quantitative estimate of drug-likeness (QED) is 0.179. The molecule has 4 rings (SSSR count). The van der Waals surface area contributed by atoms with Gasteiger partial charge in [0.05, 0.1) is 17.9 Å². The maximum atomic E-state index is 12.5. The van der Waals surface area contributed by atoms with Gasteiger partial charge >= 0.3 is 17.8 Å². The summed E-state index contributed by atoms with van der Waals surface area (Å²) in [6, 6.07) is 14.6. The largest absolute Gasteiger partial charge is 0.489 e. The number of nitrogens with zero attached hydrogens (tertiary/aromatic N) is 1. The van der Waals surface area contributed by atoms with Gasteiger partial charge in [0.25, 0.3) is 0 Å². The fourth-order valence-electron chi connectivity index (χ4n) is 3.89. The van der Waals surface area contributed by atoms with Gasteiger partial charge < -0.3 is 14.8 Å². The van der Waals surface area contributed by atoms with Crippen LogP contribution in [0.3, 0.4) is 0 Å². The SMILES string of the molecule is CCOC(=O)c1c(NC(=O)C(=O)NN=C(C)c2ccc(OCc3ccccc3Cl)cc2)sc2c1CCC2. The molecule has 1 aromatic heterocycles. The number of amides is 2. The first kappa shape index (κ1) is 26.4. The fraction of sp³-hybridized carbons (Fsp3) is 0.259. The number of carbonyl (C=O) groups excluding carboxylic acids is 3. The monoisotopic (exact) mass is 539 g/mol. The van der Waals surface area contributed by atoms with E-state index in [0.717, 1.165) is 40.8 Å². The summed E-state index contributed by atoms with van der Waals surface area (Å²) in [6.07, 6.45) is 2.53. The average Bonchev–Trinajstić information content (AvgIpc) is 3.48. The van der Waals surface area contributed by atoms with E-state index in [1.54, 1.807) is 38.1 Å². The maximum absolute atomic E-state index is 12.5. The molecule has 0 aliphatic heterocycles. The molecule has 10 heteroatoms. The molecule has 2 aromatic carbocycles. The molecule has 0 unspecified atom stereocenters. The van der Waals surface area contributed by atoms with Crippen LogP contribution in [0, 0.1) is 0 Å². The molecule has 0 spiro atoms. The topological polar surface area (TPSA) is 106 Å². The predicted octanol–water partition coefficient (Wildman–Crippen LogP) is 5.12. The number of esters is 1. The van der Waals surface area contributed by atoms with Crippen molar-refractivity contribution < 1.29 is 23.9 Å². The van der Waals surface area contributed by atoms with Crippen LogP contribution in [-0.4, -0.2) is 30.1 Å². The van der Waals surface area contributed by atoms with E-state index in [1.807, 2.05) is 24.3 Å². The molecular weight excluding hydrogens is 514 g/mol. The Hall–Kier alpha value is -3.69. The number of nitrogens with one attached hydrogen (secondary N) is 2. The number of carbonyl (C=O) groups is 3. The molecule has 2 amide bonds. The summed E-state index contributed by atoms with van der Waals surface area (Å²) in [4.78, 5) is 38.4. The number of anilines is 1. The number of halogens is 1. The molecule has 0 saturated heterocycles. The van der Waals surface area contributed by atoms with Gasteiger partial charge in [-0.25, -0.2) is 10.2 Å². The first-order valence-corrected chi connectivity index (χ1v) is 13.0. The first-order chi connectivity index (χ1) is 17.9. The van der Waals surface area contributed by atoms with Gasteiger partial charge in [-0.15, -0.1) is 11.3 Å². The Morgan fingerprint density at radius 1 is 1.05 bits per heavy atom. The molecule has 0 saturated carbocycles. The average molecular weight is 540 g/mol. The van der Waals surface area contributed by atoms with Crippen molar-refractivity contribution in [3.05, 3.63) is 80.7 Å². The summed E-state index contributed by atoms with van der Waals surface area (Å²) in [5.74, 6) is -1.70. The summed E-state index contributed by atoms with van der Waals surface area (Å²) in [5, 5.41) is 7.56. The van der Waals surface area contributed by atoms with Crippen LogP contribution in [0.2, 0.25) is 5.02 Å². The van der Waals surface area contributed by atoms with Crippen molar-refractivity contribution in [2.75, 3.05) is 11.9 Å². The van der Waals surface area contributed by atoms with Crippen LogP contribution in [0.4, 0.5) is 5.00 Å². The molecule has 0 radical (unpaired) electrons. The Bertz CT molecular complexity index is 1350. The molecule has 3 aromatic rings. The number of benzene rings is 2. The van der Waals surface area contributed by atoms with E-state index in [2.05, 4.69) is 15.8 Å². The van der Waals surface area contributed by atoms with Crippen LogP contribution < -0.4 is 15.5 Å². The van der Waals surface area contributed by atoms with Crippen molar-refractivity contribution in [3.8, 4) is 5.75 Å². The van der Waals surface area contributed by atoms with Gasteiger partial charge in [-0.2, -0.15) is 5.10 Å². The molecule has 1 heterocycles. The third kappa shape index (κ3) is 6.36. The van der Waals surface area contributed by atoms with E-state index in [9.17, 15) is 14.4 Å². The molecule has 37 heavy (non-hydrogen) atoms. The summed E-state index contributed by atoms with van der Waals surface area (Å²) < 4.78 is 10.9.